The molecule has 1 N–H and O–H groups in total. The van der Waals surface area contributed by atoms with Crippen molar-refractivity contribution in [3.8, 4) is 11.1 Å². The predicted molar refractivity (Wildman–Crippen MR) is 105 cm³/mol. The van der Waals surface area contributed by atoms with Crippen molar-refractivity contribution in [3.63, 3.8) is 0 Å². The van der Waals surface area contributed by atoms with Crippen molar-refractivity contribution < 1.29 is 9.90 Å². The number of hydrogen-bond acceptors (Lipinski definition) is 5. The number of nitrogens with zero attached hydrogens (tertiary/aromatic N) is 2. The summed E-state index contributed by atoms with van der Waals surface area (Å²) in [5.74, 6) is -0.807. The number of carbonyl (C=O) groups is 1. The molecule has 2 heterocycles. The third-order valence-electron chi connectivity index (χ3n) is 4.33. The molecule has 4 nitrogen and oxygen atoms in total. The average molecular weight is 373 g/mol. The molecule has 130 valence electrons. The zero-order valence-electron chi connectivity index (χ0n) is 14.7. The van der Waals surface area contributed by atoms with Gasteiger partial charge >= 0.3 is 5.97 Å². The van der Waals surface area contributed by atoms with Gasteiger partial charge in [-0.05, 0) is 43.9 Å². The second-order valence-electron chi connectivity index (χ2n) is 6.04. The van der Waals surface area contributed by atoms with Crippen LogP contribution in [0, 0.1) is 20.8 Å². The number of carboxylic acids is 1. The van der Waals surface area contributed by atoms with E-state index in [-0.39, 0.29) is 0 Å². The van der Waals surface area contributed by atoms with Crippen LogP contribution in [-0.2, 0) is 4.79 Å². The van der Waals surface area contributed by atoms with Crippen LogP contribution in [0.5, 0.6) is 0 Å². The molecule has 0 saturated heterocycles. The van der Waals surface area contributed by atoms with Crippen LogP contribution in [0.25, 0.3) is 21.3 Å². The zero-order chi connectivity index (χ0) is 18.1. The molecule has 0 amide bonds. The number of aryl methyl sites for hydroxylation is 3. The molecule has 3 aromatic rings. The average Bonchev–Trinajstić information content (AvgIpc) is 2.91. The Bertz CT molecular complexity index is 950. The van der Waals surface area contributed by atoms with Crippen molar-refractivity contribution in [2.45, 2.75) is 44.4 Å². The number of benzene rings is 1. The molecule has 0 fully saturated rings. The van der Waals surface area contributed by atoms with Crippen molar-refractivity contribution in [1.82, 2.24) is 9.97 Å². The highest BCUT2D eigenvalue weighted by atomic mass is 32.2. The van der Waals surface area contributed by atoms with Gasteiger partial charge in [0.05, 0.1) is 5.39 Å². The van der Waals surface area contributed by atoms with Crippen LogP contribution < -0.4 is 0 Å². The normalized spacial score (nSPS) is 12.5. The van der Waals surface area contributed by atoms with Crippen molar-refractivity contribution in [2.24, 2.45) is 0 Å². The quantitative estimate of drug-likeness (QED) is 0.490. The summed E-state index contributed by atoms with van der Waals surface area (Å²) in [6.45, 7) is 8.17. The summed E-state index contributed by atoms with van der Waals surface area (Å²) in [4.78, 5) is 22.4. The van der Waals surface area contributed by atoms with Gasteiger partial charge in [0.2, 0.25) is 0 Å². The van der Waals surface area contributed by atoms with E-state index in [1.807, 2.05) is 6.92 Å². The monoisotopic (exact) mass is 372 g/mol. The highest BCUT2D eigenvalue weighted by Crippen LogP contribution is 2.42. The van der Waals surface area contributed by atoms with E-state index >= 15 is 0 Å². The van der Waals surface area contributed by atoms with Gasteiger partial charge in [-0.25, -0.2) is 9.97 Å². The van der Waals surface area contributed by atoms with Crippen LogP contribution >= 0.6 is 23.1 Å². The van der Waals surface area contributed by atoms with E-state index < -0.39 is 11.2 Å². The molecule has 0 radical (unpaired) electrons. The van der Waals surface area contributed by atoms with E-state index in [9.17, 15) is 9.90 Å². The Morgan fingerprint density at radius 1 is 1.24 bits per heavy atom. The molecule has 0 aliphatic carbocycles. The minimum Gasteiger partial charge on any atom is -0.480 e. The zero-order valence-corrected chi connectivity index (χ0v) is 16.3. The van der Waals surface area contributed by atoms with Crippen LogP contribution in [0.15, 0.2) is 29.6 Å². The molecular formula is C19H20N2O2S2. The molecule has 1 unspecified atom stereocenters. The Morgan fingerprint density at radius 2 is 2.00 bits per heavy atom. The molecular weight excluding hydrogens is 352 g/mol. The van der Waals surface area contributed by atoms with E-state index in [4.69, 9.17) is 0 Å². The maximum Gasteiger partial charge on any atom is 0.317 e. The SMILES string of the molecule is CCC(Sc1ncnc2sc(C)c(-c3ccc(C)c(C)c3)c12)C(=O)O. The van der Waals surface area contributed by atoms with Crippen molar-refractivity contribution >= 4 is 39.3 Å². The van der Waals surface area contributed by atoms with Gasteiger partial charge in [0.25, 0.3) is 0 Å². The summed E-state index contributed by atoms with van der Waals surface area (Å²) in [5, 5.41) is 10.6. The van der Waals surface area contributed by atoms with E-state index in [1.165, 1.54) is 34.1 Å². The van der Waals surface area contributed by atoms with Gasteiger partial charge in [-0.2, -0.15) is 0 Å². The summed E-state index contributed by atoms with van der Waals surface area (Å²) < 4.78 is 0. The first kappa shape index (κ1) is 17.9. The largest absolute Gasteiger partial charge is 0.480 e. The fourth-order valence-corrected chi connectivity index (χ4v) is 4.83. The number of carboxylic acid groups (broad SMARTS) is 1. The Kier molecular flexibility index (Phi) is 5.11. The van der Waals surface area contributed by atoms with Gasteiger partial charge < -0.3 is 5.11 Å². The number of thiophene rings is 1. The fourth-order valence-electron chi connectivity index (χ4n) is 2.79. The Morgan fingerprint density at radius 3 is 2.64 bits per heavy atom. The van der Waals surface area contributed by atoms with Crippen molar-refractivity contribution in [1.29, 1.82) is 0 Å². The highest BCUT2D eigenvalue weighted by molar-refractivity contribution is 8.00. The minimum atomic E-state index is -0.807. The first-order valence-corrected chi connectivity index (χ1v) is 9.83. The molecule has 25 heavy (non-hydrogen) atoms. The topological polar surface area (TPSA) is 63.1 Å². The van der Waals surface area contributed by atoms with Gasteiger partial charge in [-0.3, -0.25) is 4.79 Å². The summed E-state index contributed by atoms with van der Waals surface area (Å²) in [6, 6.07) is 6.42. The van der Waals surface area contributed by atoms with Crippen LogP contribution in [0.4, 0.5) is 0 Å². The van der Waals surface area contributed by atoms with E-state index in [1.54, 1.807) is 11.3 Å². The van der Waals surface area contributed by atoms with Gasteiger partial charge in [-0.1, -0.05) is 36.9 Å². The summed E-state index contributed by atoms with van der Waals surface area (Å²) in [5.41, 5.74) is 4.74. The second-order valence-corrected chi connectivity index (χ2v) is 8.44. The third-order valence-corrected chi connectivity index (χ3v) is 6.69. The van der Waals surface area contributed by atoms with Crippen LogP contribution in [0.1, 0.15) is 29.3 Å². The Labute approximate surface area is 155 Å². The first-order chi connectivity index (χ1) is 11.9. The lowest BCUT2D eigenvalue weighted by molar-refractivity contribution is -0.136. The van der Waals surface area contributed by atoms with Gasteiger partial charge in [0.15, 0.2) is 0 Å². The van der Waals surface area contributed by atoms with Gasteiger partial charge in [0, 0.05) is 10.4 Å². The van der Waals surface area contributed by atoms with Crippen molar-refractivity contribution in [2.75, 3.05) is 0 Å². The summed E-state index contributed by atoms with van der Waals surface area (Å²) in [6.07, 6.45) is 2.08. The maximum absolute atomic E-state index is 11.5. The smallest absolute Gasteiger partial charge is 0.317 e. The number of rotatable bonds is 5. The summed E-state index contributed by atoms with van der Waals surface area (Å²) in [7, 11) is 0. The number of aliphatic carboxylic acids is 1. The van der Waals surface area contributed by atoms with Crippen LogP contribution in [-0.4, -0.2) is 26.3 Å². The van der Waals surface area contributed by atoms with Gasteiger partial charge in [-0.15, -0.1) is 11.3 Å². The molecule has 0 aliphatic rings. The number of hydrogen-bond donors (Lipinski definition) is 1. The standard InChI is InChI=1S/C19H20N2O2S2/c1-5-14(19(22)23)25-18-16-15(12(4)24-17(16)20-9-21-18)13-7-6-10(2)11(3)8-13/h6-9,14H,5H2,1-4H3,(H,22,23). The molecule has 3 rings (SSSR count). The summed E-state index contributed by atoms with van der Waals surface area (Å²) >= 11 is 2.94. The Hall–Kier alpha value is -1.92. The molecule has 0 aliphatic heterocycles. The van der Waals surface area contributed by atoms with E-state index in [0.29, 0.717) is 6.42 Å². The minimum absolute atomic E-state index is 0.508. The molecule has 6 heteroatoms. The predicted octanol–water partition coefficient (Wildman–Crippen LogP) is 5.24. The highest BCUT2D eigenvalue weighted by Gasteiger charge is 2.22. The lowest BCUT2D eigenvalue weighted by Gasteiger charge is -2.11. The third kappa shape index (κ3) is 3.41. The van der Waals surface area contributed by atoms with Gasteiger partial charge in [0.1, 0.15) is 21.4 Å². The maximum atomic E-state index is 11.5. The van der Waals surface area contributed by atoms with Crippen LogP contribution in [0.2, 0.25) is 0 Å². The first-order valence-electron chi connectivity index (χ1n) is 8.13. The molecule has 2 aromatic heterocycles. The number of aromatic nitrogens is 2. The Balaban J connectivity index is 2.20. The molecule has 0 saturated carbocycles. The lowest BCUT2D eigenvalue weighted by atomic mass is 9.99. The molecule has 0 bridgehead atoms. The lowest BCUT2D eigenvalue weighted by Crippen LogP contribution is -2.15. The van der Waals surface area contributed by atoms with E-state index in [2.05, 4.69) is 48.9 Å². The van der Waals surface area contributed by atoms with E-state index in [0.717, 1.165) is 26.4 Å². The number of fused-ring (bicyclic) bond motifs is 1. The fraction of sp³-hybridized carbons (Fsp3) is 0.316. The molecule has 0 spiro atoms. The molecule has 1 aromatic carbocycles. The van der Waals surface area contributed by atoms with Crippen LogP contribution in [0.3, 0.4) is 0 Å². The van der Waals surface area contributed by atoms with Crippen molar-refractivity contribution in [3.05, 3.63) is 40.5 Å². The second kappa shape index (κ2) is 7.14. The number of thioether (sulfide) groups is 1. The molecule has 1 atom stereocenters.